The summed E-state index contributed by atoms with van der Waals surface area (Å²) in [6.07, 6.45) is 9.18. The highest BCUT2D eigenvalue weighted by molar-refractivity contribution is 6.10. The summed E-state index contributed by atoms with van der Waals surface area (Å²) in [4.78, 5) is 2.56. The van der Waals surface area contributed by atoms with Gasteiger partial charge in [0.25, 0.3) is 0 Å². The number of nitrogens with zero attached hydrogens (tertiary/aromatic N) is 2. The van der Waals surface area contributed by atoms with E-state index in [1.807, 2.05) is 0 Å². The van der Waals surface area contributed by atoms with E-state index < -0.39 is 0 Å². The van der Waals surface area contributed by atoms with Gasteiger partial charge in [0.05, 0.1) is 17.1 Å². The third kappa shape index (κ3) is 6.19. The second-order valence-corrected chi connectivity index (χ2v) is 16.5. The maximum Gasteiger partial charge on any atom is 0.0629 e. The summed E-state index contributed by atoms with van der Waals surface area (Å²) in [6.45, 7) is 0. The van der Waals surface area contributed by atoms with Gasteiger partial charge in [0.15, 0.2) is 0 Å². The first kappa shape index (κ1) is 36.0. The zero-order valence-corrected chi connectivity index (χ0v) is 34.1. The van der Waals surface area contributed by atoms with E-state index >= 15 is 0 Å². The number of hydrogen-bond acceptors (Lipinski definition) is 1. The first-order valence-electron chi connectivity index (χ1n) is 21.6. The number of anilines is 2. The molecule has 2 nitrogen and oxygen atoms in total. The molecule has 2 aliphatic rings. The van der Waals surface area contributed by atoms with Crippen molar-refractivity contribution in [2.75, 3.05) is 4.90 Å². The highest BCUT2D eigenvalue weighted by Crippen LogP contribution is 2.50. The van der Waals surface area contributed by atoms with Crippen LogP contribution in [0.15, 0.2) is 243 Å². The molecule has 2 heterocycles. The van der Waals surface area contributed by atoms with Gasteiger partial charge in [0.1, 0.15) is 0 Å². The van der Waals surface area contributed by atoms with E-state index in [0.29, 0.717) is 0 Å². The van der Waals surface area contributed by atoms with Crippen LogP contribution in [0.25, 0.3) is 83.1 Å². The average molecular weight is 791 g/mol. The lowest BCUT2D eigenvalue weighted by molar-refractivity contribution is 0.745. The van der Waals surface area contributed by atoms with E-state index in [1.54, 1.807) is 0 Å². The summed E-state index contributed by atoms with van der Waals surface area (Å²) in [7, 11) is 0. The number of para-hydroxylation sites is 1. The molecule has 10 aromatic rings. The van der Waals surface area contributed by atoms with Gasteiger partial charge in [-0.1, -0.05) is 182 Å². The van der Waals surface area contributed by atoms with Gasteiger partial charge in [0, 0.05) is 33.8 Å². The summed E-state index contributed by atoms with van der Waals surface area (Å²) in [6, 6.07) is 80.2. The molecule has 1 aliphatic heterocycles. The largest absolute Gasteiger partial charge is 0.333 e. The van der Waals surface area contributed by atoms with Gasteiger partial charge in [-0.05, 0) is 122 Å². The highest BCUT2D eigenvalue weighted by Gasteiger charge is 2.38. The first-order valence-corrected chi connectivity index (χ1v) is 21.6. The molecule has 62 heavy (non-hydrogen) atoms. The second kappa shape index (κ2) is 15.0. The molecule has 1 aromatic heterocycles. The van der Waals surface area contributed by atoms with Gasteiger partial charge in [-0.2, -0.15) is 0 Å². The third-order valence-electron chi connectivity index (χ3n) is 12.9. The molecule has 0 fully saturated rings. The summed E-state index contributed by atoms with van der Waals surface area (Å²) >= 11 is 0. The zero-order chi connectivity index (χ0) is 41.0. The lowest BCUT2D eigenvalue weighted by atomic mass is 9.89. The van der Waals surface area contributed by atoms with E-state index in [9.17, 15) is 0 Å². The summed E-state index contributed by atoms with van der Waals surface area (Å²) < 4.78 is 2.41. The smallest absolute Gasteiger partial charge is 0.0629 e. The van der Waals surface area contributed by atoms with Gasteiger partial charge in [-0.3, -0.25) is 0 Å². The third-order valence-corrected chi connectivity index (χ3v) is 12.9. The molecule has 292 valence electrons. The predicted octanol–water partition coefficient (Wildman–Crippen LogP) is 15.8. The molecule has 0 amide bonds. The molecule has 2 heteroatoms. The molecule has 0 N–H and O–H groups in total. The Kier molecular flexibility index (Phi) is 8.67. The lowest BCUT2D eigenvalue weighted by Gasteiger charge is -2.29. The number of fused-ring (bicyclic) bond motifs is 6. The van der Waals surface area contributed by atoms with Gasteiger partial charge in [-0.15, -0.1) is 0 Å². The number of aromatic nitrogens is 1. The van der Waals surface area contributed by atoms with Gasteiger partial charge >= 0.3 is 0 Å². The van der Waals surface area contributed by atoms with Gasteiger partial charge < -0.3 is 9.47 Å². The van der Waals surface area contributed by atoms with Crippen molar-refractivity contribution in [3.63, 3.8) is 0 Å². The summed E-state index contributed by atoms with van der Waals surface area (Å²) in [5.41, 5.74) is 19.6. The summed E-state index contributed by atoms with van der Waals surface area (Å²) in [5.74, 6) is 0.242. The van der Waals surface area contributed by atoms with Crippen LogP contribution < -0.4 is 4.90 Å². The van der Waals surface area contributed by atoms with Crippen LogP contribution in [0.1, 0.15) is 11.5 Å². The molecule has 0 saturated carbocycles. The van der Waals surface area contributed by atoms with Crippen molar-refractivity contribution in [3.8, 4) is 61.3 Å². The van der Waals surface area contributed by atoms with Gasteiger partial charge in [-0.25, -0.2) is 0 Å². The van der Waals surface area contributed by atoms with E-state index in [1.165, 1.54) is 94.4 Å². The van der Waals surface area contributed by atoms with E-state index in [0.717, 1.165) is 5.69 Å². The molecular formula is C60H42N2. The van der Waals surface area contributed by atoms with Crippen molar-refractivity contribution in [1.82, 2.24) is 4.57 Å². The Hall–Kier alpha value is -7.94. The Morgan fingerprint density at radius 1 is 0.306 bits per heavy atom. The summed E-state index contributed by atoms with van der Waals surface area (Å²) in [5, 5.41) is 2.51. The van der Waals surface area contributed by atoms with Crippen molar-refractivity contribution < 1.29 is 0 Å². The lowest BCUT2D eigenvalue weighted by Crippen LogP contribution is -2.28. The second-order valence-electron chi connectivity index (χ2n) is 16.5. The SMILES string of the molecule is C1=CC2c3cc(-c4ccc5c(c4)c4ccccc4n5-c4ccc(-c5ccc(-c6ccccc6)cc5)cc4)ccc3N(c3cc(-c4ccccc4)cc(-c4ccccc4)c3)C2C=C1. The Balaban J connectivity index is 0.913. The molecule has 0 spiro atoms. The standard InChI is InChI=1S/C60H42N2/c1-4-14-41(15-5-1)44-24-26-45(27-25-44)46-28-32-51(33-29-46)61-57-22-12-10-20-53(57)55-39-47(30-34-59(55)61)48-31-35-60-56(40-48)54-21-11-13-23-58(54)62(60)52-37-49(42-16-6-2-7-17-42)36-50(38-52)43-18-8-3-9-19-43/h1-40,54,58H. The number of rotatable bonds is 7. The van der Waals surface area contributed by atoms with Crippen molar-refractivity contribution in [1.29, 1.82) is 0 Å². The van der Waals surface area contributed by atoms with E-state index in [2.05, 4.69) is 252 Å². The molecular weight excluding hydrogens is 749 g/mol. The molecule has 0 radical (unpaired) electrons. The van der Waals surface area contributed by atoms with Crippen LogP contribution in [-0.4, -0.2) is 10.6 Å². The Labute approximate surface area is 362 Å². The number of allylic oxidation sites excluding steroid dienone is 2. The maximum absolute atomic E-state index is 2.56. The van der Waals surface area contributed by atoms with Crippen LogP contribution in [0.5, 0.6) is 0 Å². The van der Waals surface area contributed by atoms with Crippen LogP contribution in [0.3, 0.4) is 0 Å². The van der Waals surface area contributed by atoms with Crippen LogP contribution >= 0.6 is 0 Å². The quantitative estimate of drug-likeness (QED) is 0.156. The molecule has 2 atom stereocenters. The Bertz CT molecular complexity index is 3260. The monoisotopic (exact) mass is 790 g/mol. The minimum Gasteiger partial charge on any atom is -0.333 e. The van der Waals surface area contributed by atoms with Crippen molar-refractivity contribution in [3.05, 3.63) is 248 Å². The van der Waals surface area contributed by atoms with Crippen molar-refractivity contribution >= 4 is 33.2 Å². The predicted molar refractivity (Wildman–Crippen MR) is 261 cm³/mol. The normalized spacial score (nSPS) is 15.3. The molecule has 12 rings (SSSR count). The van der Waals surface area contributed by atoms with E-state index in [-0.39, 0.29) is 12.0 Å². The van der Waals surface area contributed by atoms with Gasteiger partial charge in [0.2, 0.25) is 0 Å². The molecule has 1 aliphatic carbocycles. The first-order chi connectivity index (χ1) is 30.7. The van der Waals surface area contributed by atoms with Crippen LogP contribution in [-0.2, 0) is 0 Å². The Morgan fingerprint density at radius 2 is 0.790 bits per heavy atom. The molecule has 2 unspecified atom stereocenters. The molecule has 0 bridgehead atoms. The topological polar surface area (TPSA) is 8.17 Å². The van der Waals surface area contributed by atoms with Crippen molar-refractivity contribution in [2.24, 2.45) is 0 Å². The highest BCUT2D eigenvalue weighted by atomic mass is 15.2. The molecule has 9 aromatic carbocycles. The minimum atomic E-state index is 0.181. The van der Waals surface area contributed by atoms with Crippen LogP contribution in [0.4, 0.5) is 11.4 Å². The maximum atomic E-state index is 2.56. The van der Waals surface area contributed by atoms with E-state index in [4.69, 9.17) is 0 Å². The fourth-order valence-electron chi connectivity index (χ4n) is 9.89. The average Bonchev–Trinajstić information content (AvgIpc) is 3.87. The minimum absolute atomic E-state index is 0.181. The fourth-order valence-corrected chi connectivity index (χ4v) is 9.89. The molecule has 0 saturated heterocycles. The number of hydrogen-bond donors (Lipinski definition) is 0. The Morgan fingerprint density at radius 3 is 1.44 bits per heavy atom. The zero-order valence-electron chi connectivity index (χ0n) is 34.1. The fraction of sp³-hybridized carbons (Fsp3) is 0.0333. The number of benzene rings is 9. The van der Waals surface area contributed by atoms with Crippen molar-refractivity contribution in [2.45, 2.75) is 12.0 Å². The van der Waals surface area contributed by atoms with Crippen LogP contribution in [0.2, 0.25) is 0 Å². The van der Waals surface area contributed by atoms with Crippen LogP contribution in [0, 0.1) is 0 Å².